The summed E-state index contributed by atoms with van der Waals surface area (Å²) >= 11 is 3.26. The first-order chi connectivity index (χ1) is 13.0. The molecule has 27 heavy (non-hydrogen) atoms. The minimum absolute atomic E-state index is 0.0264. The molecule has 0 fully saturated rings. The first-order valence-corrected chi connectivity index (χ1v) is 10.5. The first-order valence-electron chi connectivity index (χ1n) is 8.45. The van der Waals surface area contributed by atoms with Crippen LogP contribution in [0.25, 0.3) is 16.0 Å². The molecule has 0 aliphatic carbocycles. The summed E-state index contributed by atoms with van der Waals surface area (Å²) in [5, 5.41) is 7.17. The first kappa shape index (κ1) is 17.9. The number of hydrogen-bond donors (Lipinski definition) is 1. The van der Waals surface area contributed by atoms with Crippen molar-refractivity contribution >= 4 is 50.7 Å². The van der Waals surface area contributed by atoms with Crippen molar-refractivity contribution in [2.75, 3.05) is 11.6 Å². The molecule has 0 saturated carbocycles. The number of aryl methyl sites for hydroxylation is 2. The third-order valence-electron chi connectivity index (χ3n) is 4.42. The Hall–Kier alpha value is -2.52. The summed E-state index contributed by atoms with van der Waals surface area (Å²) in [6.07, 6.45) is 4.48. The van der Waals surface area contributed by atoms with E-state index in [4.69, 9.17) is 0 Å². The van der Waals surface area contributed by atoms with Crippen LogP contribution in [-0.2, 0) is 11.2 Å². The largest absolute Gasteiger partial charge is 0.326 e. The Balaban J connectivity index is 1.47. The van der Waals surface area contributed by atoms with E-state index in [0.29, 0.717) is 18.6 Å². The average molecular weight is 399 g/mol. The number of carbonyl (C=O) groups excluding carboxylic acids is 1. The van der Waals surface area contributed by atoms with Gasteiger partial charge in [-0.3, -0.25) is 4.79 Å². The smallest absolute Gasteiger partial charge is 0.252 e. The second kappa shape index (κ2) is 7.24. The summed E-state index contributed by atoms with van der Waals surface area (Å²) in [6, 6.07) is 5.81. The summed E-state index contributed by atoms with van der Waals surface area (Å²) in [5.74, 6) is 0.558. The lowest BCUT2D eigenvalue weighted by molar-refractivity contribution is -0.116. The molecule has 0 aliphatic heterocycles. The molecule has 9 heteroatoms. The molecule has 0 unspecified atom stereocenters. The molecule has 138 valence electrons. The average Bonchev–Trinajstić information content (AvgIpc) is 3.27. The molecular formula is C18H18N6OS2. The molecule has 7 nitrogen and oxygen atoms in total. The molecule has 3 aromatic heterocycles. The maximum Gasteiger partial charge on any atom is 0.252 e. The van der Waals surface area contributed by atoms with Crippen molar-refractivity contribution in [3.05, 3.63) is 41.5 Å². The minimum Gasteiger partial charge on any atom is -0.326 e. The molecule has 0 atom stereocenters. The number of rotatable bonds is 5. The molecule has 0 aliphatic rings. The lowest BCUT2D eigenvalue weighted by Crippen LogP contribution is -2.14. The predicted molar refractivity (Wildman–Crippen MR) is 109 cm³/mol. The van der Waals surface area contributed by atoms with Crippen LogP contribution >= 0.6 is 23.1 Å². The number of aromatic nitrogens is 5. The third-order valence-corrected chi connectivity index (χ3v) is 6.42. The van der Waals surface area contributed by atoms with Gasteiger partial charge in [0.1, 0.15) is 6.33 Å². The van der Waals surface area contributed by atoms with E-state index in [1.54, 1.807) is 27.6 Å². The van der Waals surface area contributed by atoms with E-state index in [1.165, 1.54) is 6.33 Å². The Morgan fingerprint density at radius 1 is 1.30 bits per heavy atom. The zero-order chi connectivity index (χ0) is 19.0. The maximum atomic E-state index is 12.4. The van der Waals surface area contributed by atoms with E-state index in [1.807, 2.05) is 38.3 Å². The normalized spacial score (nSPS) is 11.4. The van der Waals surface area contributed by atoms with E-state index in [9.17, 15) is 4.79 Å². The third kappa shape index (κ3) is 3.52. The van der Waals surface area contributed by atoms with Crippen LogP contribution in [0.3, 0.4) is 0 Å². The molecule has 1 N–H and O–H groups in total. The summed E-state index contributed by atoms with van der Waals surface area (Å²) < 4.78 is 3.81. The van der Waals surface area contributed by atoms with Gasteiger partial charge in [-0.1, -0.05) is 11.8 Å². The summed E-state index contributed by atoms with van der Waals surface area (Å²) in [4.78, 5) is 25.5. The fraction of sp³-hybridized carbons (Fsp3) is 0.278. The molecule has 0 spiro atoms. The highest BCUT2D eigenvalue weighted by molar-refractivity contribution is 8.00. The summed E-state index contributed by atoms with van der Waals surface area (Å²) in [6.45, 7) is 3.92. The van der Waals surface area contributed by atoms with Gasteiger partial charge in [0.2, 0.25) is 5.91 Å². The highest BCUT2D eigenvalue weighted by Gasteiger charge is 2.13. The number of thiazole rings is 1. The Morgan fingerprint density at radius 2 is 2.15 bits per heavy atom. The molecule has 0 saturated heterocycles. The Bertz CT molecular complexity index is 1150. The van der Waals surface area contributed by atoms with Crippen LogP contribution in [0, 0.1) is 13.8 Å². The Labute approximate surface area is 164 Å². The SMILES string of the molecule is CSc1nc2ccc(NC(=O)CCc3c(C)nc4ncnn4c3C)cc2s1. The Morgan fingerprint density at radius 3 is 2.96 bits per heavy atom. The van der Waals surface area contributed by atoms with E-state index < -0.39 is 0 Å². The summed E-state index contributed by atoms with van der Waals surface area (Å²) in [5.41, 5.74) is 4.64. The fourth-order valence-electron chi connectivity index (χ4n) is 3.05. The van der Waals surface area contributed by atoms with Gasteiger partial charge in [-0.2, -0.15) is 10.1 Å². The zero-order valence-electron chi connectivity index (χ0n) is 15.2. The predicted octanol–water partition coefficient (Wildman–Crippen LogP) is 3.64. The van der Waals surface area contributed by atoms with Crippen LogP contribution in [0.5, 0.6) is 0 Å². The lowest BCUT2D eigenvalue weighted by atomic mass is 10.1. The fourth-order valence-corrected chi connectivity index (χ4v) is 4.58. The number of nitrogens with zero attached hydrogens (tertiary/aromatic N) is 5. The van der Waals surface area contributed by atoms with Crippen LogP contribution in [0.2, 0.25) is 0 Å². The van der Waals surface area contributed by atoms with E-state index >= 15 is 0 Å². The molecule has 4 aromatic rings. The quantitative estimate of drug-likeness (QED) is 0.517. The molecule has 0 radical (unpaired) electrons. The highest BCUT2D eigenvalue weighted by Crippen LogP contribution is 2.30. The van der Waals surface area contributed by atoms with Crippen molar-refractivity contribution in [1.82, 2.24) is 24.6 Å². The lowest BCUT2D eigenvalue weighted by Gasteiger charge is -2.10. The van der Waals surface area contributed by atoms with Gasteiger partial charge in [0.15, 0.2) is 4.34 Å². The number of amides is 1. The standard InChI is InChI=1S/C18H18N6OS2/c1-10-13(11(2)24-17(21-10)19-9-20-24)5-7-16(25)22-12-4-6-14-15(8-12)27-18(23-14)26-3/h4,6,8-9H,5,7H2,1-3H3,(H,22,25). The second-order valence-corrected chi connectivity index (χ2v) is 8.23. The van der Waals surface area contributed by atoms with Crippen molar-refractivity contribution in [3.63, 3.8) is 0 Å². The van der Waals surface area contributed by atoms with Crippen LogP contribution in [-0.4, -0.2) is 36.7 Å². The van der Waals surface area contributed by atoms with Crippen LogP contribution in [0.1, 0.15) is 23.4 Å². The number of hydrogen-bond acceptors (Lipinski definition) is 7. The number of thioether (sulfide) groups is 1. The van der Waals surface area contributed by atoms with Crippen LogP contribution in [0.15, 0.2) is 28.9 Å². The van der Waals surface area contributed by atoms with Gasteiger partial charge in [0, 0.05) is 23.5 Å². The van der Waals surface area contributed by atoms with Gasteiger partial charge in [0.05, 0.1) is 10.2 Å². The van der Waals surface area contributed by atoms with Crippen molar-refractivity contribution in [2.45, 2.75) is 31.0 Å². The molecule has 4 rings (SSSR count). The van der Waals surface area contributed by atoms with Crippen LogP contribution in [0.4, 0.5) is 5.69 Å². The number of fused-ring (bicyclic) bond motifs is 2. The zero-order valence-corrected chi connectivity index (χ0v) is 16.8. The van der Waals surface area contributed by atoms with Gasteiger partial charge < -0.3 is 5.32 Å². The molecule has 1 amide bonds. The van der Waals surface area contributed by atoms with Crippen molar-refractivity contribution in [2.24, 2.45) is 0 Å². The van der Waals surface area contributed by atoms with Crippen molar-refractivity contribution in [1.29, 1.82) is 0 Å². The van der Waals surface area contributed by atoms with Gasteiger partial charge in [-0.15, -0.1) is 11.3 Å². The molecule has 1 aromatic carbocycles. The minimum atomic E-state index is -0.0264. The molecular weight excluding hydrogens is 380 g/mol. The van der Waals surface area contributed by atoms with Gasteiger partial charge in [-0.25, -0.2) is 14.5 Å². The highest BCUT2D eigenvalue weighted by atomic mass is 32.2. The maximum absolute atomic E-state index is 12.4. The van der Waals surface area contributed by atoms with Gasteiger partial charge >= 0.3 is 0 Å². The Kier molecular flexibility index (Phi) is 4.79. The van der Waals surface area contributed by atoms with Crippen molar-refractivity contribution < 1.29 is 4.79 Å². The van der Waals surface area contributed by atoms with Gasteiger partial charge in [0.25, 0.3) is 5.78 Å². The number of nitrogens with one attached hydrogen (secondary N) is 1. The van der Waals surface area contributed by atoms with Crippen molar-refractivity contribution in [3.8, 4) is 0 Å². The number of anilines is 1. The topological polar surface area (TPSA) is 85.1 Å². The monoisotopic (exact) mass is 398 g/mol. The van der Waals surface area contributed by atoms with Gasteiger partial charge in [-0.05, 0) is 50.3 Å². The second-order valence-electron chi connectivity index (χ2n) is 6.15. The van der Waals surface area contributed by atoms with Crippen LogP contribution < -0.4 is 5.32 Å². The summed E-state index contributed by atoms with van der Waals surface area (Å²) in [7, 11) is 0. The van der Waals surface area contributed by atoms with E-state index in [-0.39, 0.29) is 5.91 Å². The van der Waals surface area contributed by atoms with E-state index in [0.717, 1.165) is 37.2 Å². The molecule has 3 heterocycles. The number of carbonyl (C=O) groups is 1. The number of benzene rings is 1. The molecule has 0 bridgehead atoms. The van der Waals surface area contributed by atoms with E-state index in [2.05, 4.69) is 25.4 Å².